The molecule has 0 fully saturated rings. The van der Waals surface area contributed by atoms with Crippen LogP contribution in [0, 0.1) is 0 Å². The summed E-state index contributed by atoms with van der Waals surface area (Å²) < 4.78 is 0. The van der Waals surface area contributed by atoms with Crippen LogP contribution >= 0.6 is 0 Å². The van der Waals surface area contributed by atoms with Crippen LogP contribution in [0.5, 0.6) is 0 Å². The first-order valence-corrected chi connectivity index (χ1v) is 8.19. The lowest BCUT2D eigenvalue weighted by atomic mass is 10.1. The number of amides is 2. The highest BCUT2D eigenvalue weighted by molar-refractivity contribution is 5.93. The van der Waals surface area contributed by atoms with Crippen molar-refractivity contribution >= 4 is 17.5 Å². The molecule has 0 bridgehead atoms. The van der Waals surface area contributed by atoms with E-state index in [1.807, 2.05) is 60.7 Å². The minimum absolute atomic E-state index is 0.00101. The van der Waals surface area contributed by atoms with E-state index in [0.717, 1.165) is 12.1 Å². The second kappa shape index (κ2) is 8.87. The molecule has 0 aromatic heterocycles. The predicted octanol–water partition coefficient (Wildman–Crippen LogP) is 3.13. The average Bonchev–Trinajstić information content (AvgIpc) is 2.62. The van der Waals surface area contributed by atoms with Gasteiger partial charge in [0.2, 0.25) is 11.8 Å². The van der Waals surface area contributed by atoms with Gasteiger partial charge in [0.15, 0.2) is 0 Å². The summed E-state index contributed by atoms with van der Waals surface area (Å²) in [5.41, 5.74) is 2.05. The smallest absolute Gasteiger partial charge is 0.228 e. The Kier molecular flexibility index (Phi) is 6.55. The Bertz CT molecular complexity index is 656. The molecular weight excluding hydrogens is 300 g/mol. The van der Waals surface area contributed by atoms with E-state index in [1.165, 1.54) is 5.56 Å². The van der Waals surface area contributed by atoms with Crippen molar-refractivity contribution in [3.8, 4) is 0 Å². The lowest BCUT2D eigenvalue weighted by molar-refractivity contribution is -0.129. The van der Waals surface area contributed by atoms with Crippen LogP contribution in [-0.2, 0) is 16.0 Å². The number of rotatable bonds is 7. The third-order valence-corrected chi connectivity index (χ3v) is 4.07. The molecule has 2 aromatic rings. The maximum Gasteiger partial charge on any atom is 0.228 e. The first-order valence-electron chi connectivity index (χ1n) is 8.19. The van der Waals surface area contributed by atoms with Gasteiger partial charge >= 0.3 is 0 Å². The number of hydrogen-bond acceptors (Lipinski definition) is 2. The van der Waals surface area contributed by atoms with E-state index in [2.05, 4.69) is 0 Å². The standard InChI is InChI=1S/C20H24N2O2/c1-17(23)22(15-13-18-9-5-3-6-10-18)16-14-20(24)21(2)19-11-7-4-8-12-19/h3-12H,13-16H2,1-2H3. The molecule has 0 aliphatic heterocycles. The first kappa shape index (κ1) is 17.7. The Morgan fingerprint density at radius 2 is 1.46 bits per heavy atom. The predicted molar refractivity (Wildman–Crippen MR) is 96.9 cm³/mol. The lowest BCUT2D eigenvalue weighted by Crippen LogP contribution is -2.35. The Morgan fingerprint density at radius 3 is 2.04 bits per heavy atom. The molecule has 2 amide bonds. The number of benzene rings is 2. The lowest BCUT2D eigenvalue weighted by Gasteiger charge is -2.23. The van der Waals surface area contributed by atoms with E-state index in [-0.39, 0.29) is 11.8 Å². The van der Waals surface area contributed by atoms with Gasteiger partial charge in [-0.15, -0.1) is 0 Å². The molecule has 4 nitrogen and oxygen atoms in total. The molecule has 0 spiro atoms. The summed E-state index contributed by atoms with van der Waals surface area (Å²) in [7, 11) is 1.76. The maximum atomic E-state index is 12.3. The van der Waals surface area contributed by atoms with Gasteiger partial charge in [-0.3, -0.25) is 9.59 Å². The highest BCUT2D eigenvalue weighted by Crippen LogP contribution is 2.12. The molecule has 0 heterocycles. The van der Waals surface area contributed by atoms with Gasteiger partial charge in [0.05, 0.1) is 0 Å². The van der Waals surface area contributed by atoms with Gasteiger partial charge in [0.25, 0.3) is 0 Å². The topological polar surface area (TPSA) is 40.6 Å². The number of anilines is 1. The Hall–Kier alpha value is -2.62. The molecule has 0 radical (unpaired) electrons. The molecule has 0 aliphatic carbocycles. The van der Waals surface area contributed by atoms with Crippen molar-refractivity contribution in [2.24, 2.45) is 0 Å². The fraction of sp³-hybridized carbons (Fsp3) is 0.300. The van der Waals surface area contributed by atoms with Gasteiger partial charge in [0, 0.05) is 39.2 Å². The van der Waals surface area contributed by atoms with Crippen LogP contribution in [0.4, 0.5) is 5.69 Å². The van der Waals surface area contributed by atoms with Crippen molar-refractivity contribution in [1.29, 1.82) is 0 Å². The van der Waals surface area contributed by atoms with Crippen molar-refractivity contribution in [1.82, 2.24) is 4.90 Å². The van der Waals surface area contributed by atoms with Crippen molar-refractivity contribution in [2.75, 3.05) is 25.0 Å². The second-order valence-electron chi connectivity index (χ2n) is 5.78. The molecule has 0 saturated heterocycles. The van der Waals surface area contributed by atoms with Gasteiger partial charge in [-0.1, -0.05) is 48.5 Å². The van der Waals surface area contributed by atoms with E-state index in [9.17, 15) is 9.59 Å². The van der Waals surface area contributed by atoms with Crippen molar-refractivity contribution in [3.05, 3.63) is 66.2 Å². The summed E-state index contributed by atoms with van der Waals surface area (Å²) in [6.07, 6.45) is 1.11. The van der Waals surface area contributed by atoms with Gasteiger partial charge < -0.3 is 9.80 Å². The highest BCUT2D eigenvalue weighted by Gasteiger charge is 2.14. The molecule has 0 atom stereocenters. The molecule has 0 unspecified atom stereocenters. The molecule has 4 heteroatoms. The number of hydrogen-bond donors (Lipinski definition) is 0. The van der Waals surface area contributed by atoms with Gasteiger partial charge in [-0.2, -0.15) is 0 Å². The normalized spacial score (nSPS) is 10.2. The summed E-state index contributed by atoms with van der Waals surface area (Å²) >= 11 is 0. The number of carbonyl (C=O) groups excluding carboxylic acids is 2. The van der Waals surface area contributed by atoms with Gasteiger partial charge in [0.1, 0.15) is 0 Å². The van der Waals surface area contributed by atoms with E-state index >= 15 is 0 Å². The third-order valence-electron chi connectivity index (χ3n) is 4.07. The van der Waals surface area contributed by atoms with E-state index in [0.29, 0.717) is 19.5 Å². The average molecular weight is 324 g/mol. The third kappa shape index (κ3) is 5.23. The first-order chi connectivity index (χ1) is 11.6. The molecule has 0 aliphatic rings. The summed E-state index contributed by atoms with van der Waals surface area (Å²) in [5, 5.41) is 0. The fourth-order valence-corrected chi connectivity index (χ4v) is 2.53. The Balaban J connectivity index is 1.86. The van der Waals surface area contributed by atoms with E-state index < -0.39 is 0 Å². The van der Waals surface area contributed by atoms with Crippen LogP contribution < -0.4 is 4.90 Å². The monoisotopic (exact) mass is 324 g/mol. The Labute approximate surface area is 143 Å². The molecule has 2 rings (SSSR count). The largest absolute Gasteiger partial charge is 0.342 e. The molecule has 0 saturated carbocycles. The van der Waals surface area contributed by atoms with Crippen LogP contribution in [-0.4, -0.2) is 36.9 Å². The number of para-hydroxylation sites is 1. The fourth-order valence-electron chi connectivity index (χ4n) is 2.53. The molecule has 126 valence electrons. The molecule has 2 aromatic carbocycles. The zero-order chi connectivity index (χ0) is 17.4. The number of nitrogens with zero attached hydrogens (tertiary/aromatic N) is 2. The number of carbonyl (C=O) groups is 2. The maximum absolute atomic E-state index is 12.3. The highest BCUT2D eigenvalue weighted by atomic mass is 16.2. The molecular formula is C20H24N2O2. The quantitative estimate of drug-likeness (QED) is 0.785. The van der Waals surface area contributed by atoms with Crippen molar-refractivity contribution < 1.29 is 9.59 Å². The van der Waals surface area contributed by atoms with Crippen molar-refractivity contribution in [3.63, 3.8) is 0 Å². The van der Waals surface area contributed by atoms with Gasteiger partial charge in [-0.05, 0) is 24.1 Å². The van der Waals surface area contributed by atoms with Crippen LogP contribution in [0.2, 0.25) is 0 Å². The molecule has 0 N–H and O–H groups in total. The van der Waals surface area contributed by atoms with Crippen LogP contribution in [0.25, 0.3) is 0 Å². The minimum atomic E-state index is 0.00101. The zero-order valence-corrected chi connectivity index (χ0v) is 14.3. The van der Waals surface area contributed by atoms with Crippen LogP contribution in [0.1, 0.15) is 18.9 Å². The summed E-state index contributed by atoms with van der Waals surface area (Å²) in [6, 6.07) is 19.6. The SMILES string of the molecule is CC(=O)N(CCC(=O)N(C)c1ccccc1)CCc1ccccc1. The summed E-state index contributed by atoms with van der Waals surface area (Å²) in [4.78, 5) is 27.5. The Morgan fingerprint density at radius 1 is 0.875 bits per heavy atom. The van der Waals surface area contributed by atoms with Crippen molar-refractivity contribution in [2.45, 2.75) is 19.8 Å². The zero-order valence-electron chi connectivity index (χ0n) is 14.3. The summed E-state index contributed by atoms with van der Waals surface area (Å²) in [6.45, 7) is 2.62. The molecule has 24 heavy (non-hydrogen) atoms. The van der Waals surface area contributed by atoms with Crippen LogP contribution in [0.15, 0.2) is 60.7 Å². The minimum Gasteiger partial charge on any atom is -0.342 e. The second-order valence-corrected chi connectivity index (χ2v) is 5.78. The van der Waals surface area contributed by atoms with E-state index in [1.54, 1.807) is 23.8 Å². The summed E-state index contributed by atoms with van der Waals surface area (Å²) in [5.74, 6) is 0.00764. The van der Waals surface area contributed by atoms with Gasteiger partial charge in [-0.25, -0.2) is 0 Å². The van der Waals surface area contributed by atoms with E-state index in [4.69, 9.17) is 0 Å². The van der Waals surface area contributed by atoms with Crippen LogP contribution in [0.3, 0.4) is 0 Å².